The Bertz CT molecular complexity index is 447. The molecular weight excluding hydrogens is 300 g/mol. The van der Waals surface area contributed by atoms with Gasteiger partial charge in [-0.1, -0.05) is 36.8 Å². The first-order chi connectivity index (χ1) is 10.8. The largest absolute Gasteiger partial charge is 0.381 e. The predicted octanol–water partition coefficient (Wildman–Crippen LogP) is 3.11. The van der Waals surface area contributed by atoms with Gasteiger partial charge in [0.05, 0.1) is 5.54 Å². The molecule has 1 aromatic carbocycles. The van der Waals surface area contributed by atoms with Crippen molar-refractivity contribution >= 4 is 17.7 Å². The molecule has 122 valence electrons. The van der Waals surface area contributed by atoms with Gasteiger partial charge in [-0.05, 0) is 43.0 Å². The molecule has 0 bridgehead atoms. The molecule has 1 aliphatic rings. The number of halogens is 1. The molecule has 0 aliphatic carbocycles. The summed E-state index contributed by atoms with van der Waals surface area (Å²) in [5, 5.41) is 3.28. The van der Waals surface area contributed by atoms with Crippen LogP contribution in [0.4, 0.5) is 0 Å². The van der Waals surface area contributed by atoms with Crippen LogP contribution < -0.4 is 10.2 Å². The number of carbonyl (C=O) groups is 1. The van der Waals surface area contributed by atoms with Gasteiger partial charge >= 0.3 is 0 Å². The molecule has 2 N–H and O–H groups in total. The number of amides is 1. The molecule has 1 aromatic rings. The third-order valence-electron chi connectivity index (χ3n) is 4.23. The zero-order valence-electron chi connectivity index (χ0n) is 12.9. The Morgan fingerprint density at radius 2 is 1.86 bits per heavy atom. The van der Waals surface area contributed by atoms with Gasteiger partial charge in [0.2, 0.25) is 5.91 Å². The minimum atomic E-state index is -0.270. The molecule has 22 heavy (non-hydrogen) atoms. The Balaban J connectivity index is 1.91. The number of benzene rings is 1. The van der Waals surface area contributed by atoms with Gasteiger partial charge in [0.25, 0.3) is 0 Å². The fourth-order valence-corrected chi connectivity index (χ4v) is 3.08. The van der Waals surface area contributed by atoms with Crippen molar-refractivity contribution in [1.29, 1.82) is 0 Å². The van der Waals surface area contributed by atoms with Gasteiger partial charge in [-0.3, -0.25) is 4.79 Å². The van der Waals surface area contributed by atoms with E-state index in [4.69, 9.17) is 16.5 Å². The quantitative estimate of drug-likeness (QED) is 0.570. The van der Waals surface area contributed by atoms with E-state index in [2.05, 4.69) is 22.3 Å². The molecule has 1 aliphatic heterocycles. The summed E-state index contributed by atoms with van der Waals surface area (Å²) in [4.78, 5) is 14.9. The molecule has 2 rings (SSSR count). The molecule has 1 amide bonds. The van der Waals surface area contributed by atoms with E-state index in [1.54, 1.807) is 0 Å². The maximum atomic E-state index is 12.3. The van der Waals surface area contributed by atoms with Gasteiger partial charge in [0.15, 0.2) is 0 Å². The van der Waals surface area contributed by atoms with E-state index in [1.807, 2.05) is 18.2 Å². The summed E-state index contributed by atoms with van der Waals surface area (Å²) in [6.07, 6.45) is 5.13. The standard InChI is InChI=1S/C17H25ClN2O2/c18-19-12-6-2-5-9-16(21)20-17(10-13-22-14-11-17)15-7-3-1-4-8-15/h1,3-4,7-8,19H,2,5-6,9-14H2,(H,20,21). The number of unbranched alkanes of at least 4 members (excludes halogenated alkanes) is 2. The molecule has 0 atom stereocenters. The van der Waals surface area contributed by atoms with Crippen LogP contribution in [-0.4, -0.2) is 25.7 Å². The minimum Gasteiger partial charge on any atom is -0.381 e. The van der Waals surface area contributed by atoms with Crippen molar-refractivity contribution in [2.24, 2.45) is 0 Å². The van der Waals surface area contributed by atoms with Crippen LogP contribution in [0, 0.1) is 0 Å². The van der Waals surface area contributed by atoms with Gasteiger partial charge in [-0.2, -0.15) is 0 Å². The van der Waals surface area contributed by atoms with E-state index in [0.29, 0.717) is 19.6 Å². The van der Waals surface area contributed by atoms with Crippen molar-refractivity contribution in [3.63, 3.8) is 0 Å². The first-order valence-electron chi connectivity index (χ1n) is 8.05. The fourth-order valence-electron chi connectivity index (χ4n) is 2.95. The maximum absolute atomic E-state index is 12.3. The van der Waals surface area contributed by atoms with Crippen LogP contribution in [0.2, 0.25) is 0 Å². The summed E-state index contributed by atoms with van der Waals surface area (Å²) in [6, 6.07) is 10.2. The summed E-state index contributed by atoms with van der Waals surface area (Å²) in [7, 11) is 0. The Hall–Kier alpha value is -1.10. The lowest BCUT2D eigenvalue weighted by atomic mass is 9.82. The highest BCUT2D eigenvalue weighted by molar-refractivity contribution is 6.13. The van der Waals surface area contributed by atoms with E-state index < -0.39 is 0 Å². The van der Waals surface area contributed by atoms with E-state index in [-0.39, 0.29) is 11.4 Å². The molecule has 1 fully saturated rings. The molecule has 1 saturated heterocycles. The number of hydrogen-bond acceptors (Lipinski definition) is 3. The molecule has 0 saturated carbocycles. The molecule has 4 nitrogen and oxygen atoms in total. The van der Waals surface area contributed by atoms with Crippen molar-refractivity contribution in [3.8, 4) is 0 Å². The lowest BCUT2D eigenvalue weighted by molar-refractivity contribution is -0.124. The smallest absolute Gasteiger partial charge is 0.220 e. The SMILES string of the molecule is O=C(CCCCCNCl)NC1(c2ccccc2)CCOCC1. The highest BCUT2D eigenvalue weighted by Gasteiger charge is 2.35. The summed E-state index contributed by atoms with van der Waals surface area (Å²) in [6.45, 7) is 2.17. The van der Waals surface area contributed by atoms with Crippen molar-refractivity contribution in [2.45, 2.75) is 44.1 Å². The van der Waals surface area contributed by atoms with E-state index in [0.717, 1.165) is 38.6 Å². The topological polar surface area (TPSA) is 50.4 Å². The van der Waals surface area contributed by atoms with Gasteiger partial charge in [-0.15, -0.1) is 0 Å². The molecule has 0 unspecified atom stereocenters. The summed E-state index contributed by atoms with van der Waals surface area (Å²) >= 11 is 5.42. The Morgan fingerprint density at radius 1 is 1.14 bits per heavy atom. The van der Waals surface area contributed by atoms with E-state index in [9.17, 15) is 4.79 Å². The van der Waals surface area contributed by atoms with E-state index in [1.165, 1.54) is 5.56 Å². The number of carbonyl (C=O) groups excluding carboxylic acids is 1. The van der Waals surface area contributed by atoms with Crippen molar-refractivity contribution < 1.29 is 9.53 Å². The Kier molecular flexibility index (Phi) is 7.16. The Labute approximate surface area is 137 Å². The molecule has 0 radical (unpaired) electrons. The van der Waals surface area contributed by atoms with Gasteiger partial charge in [0, 0.05) is 26.2 Å². The van der Waals surface area contributed by atoms with Gasteiger partial charge in [-0.25, -0.2) is 4.84 Å². The highest BCUT2D eigenvalue weighted by Crippen LogP contribution is 2.32. The second kappa shape index (κ2) is 9.13. The first kappa shape index (κ1) is 17.3. The van der Waals surface area contributed by atoms with Crippen LogP contribution in [-0.2, 0) is 15.1 Å². The molecule has 0 aromatic heterocycles. The van der Waals surface area contributed by atoms with Crippen LogP contribution in [0.3, 0.4) is 0 Å². The van der Waals surface area contributed by atoms with E-state index >= 15 is 0 Å². The third-order valence-corrected chi connectivity index (χ3v) is 4.42. The molecule has 5 heteroatoms. The summed E-state index contributed by atoms with van der Waals surface area (Å²) in [5.74, 6) is 0.129. The van der Waals surface area contributed by atoms with Crippen LogP contribution >= 0.6 is 11.8 Å². The maximum Gasteiger partial charge on any atom is 0.220 e. The number of rotatable bonds is 8. The molecule has 0 spiro atoms. The second-order valence-corrected chi connectivity index (χ2v) is 6.07. The monoisotopic (exact) mass is 324 g/mol. The average molecular weight is 325 g/mol. The zero-order valence-corrected chi connectivity index (χ0v) is 13.7. The third kappa shape index (κ3) is 4.97. The van der Waals surface area contributed by atoms with Crippen LogP contribution in [0.5, 0.6) is 0 Å². The van der Waals surface area contributed by atoms with Crippen molar-refractivity contribution in [3.05, 3.63) is 35.9 Å². The second-order valence-electron chi connectivity index (χ2n) is 5.80. The first-order valence-corrected chi connectivity index (χ1v) is 8.42. The number of nitrogens with one attached hydrogen (secondary N) is 2. The highest BCUT2D eigenvalue weighted by atomic mass is 35.5. The lowest BCUT2D eigenvalue weighted by Crippen LogP contribution is -2.49. The summed E-state index contributed by atoms with van der Waals surface area (Å²) < 4.78 is 5.48. The number of ether oxygens (including phenoxy) is 1. The van der Waals surface area contributed by atoms with Crippen molar-refractivity contribution in [1.82, 2.24) is 10.2 Å². The van der Waals surface area contributed by atoms with Crippen LogP contribution in [0.25, 0.3) is 0 Å². The van der Waals surface area contributed by atoms with Crippen LogP contribution in [0.1, 0.15) is 44.1 Å². The van der Waals surface area contributed by atoms with Crippen LogP contribution in [0.15, 0.2) is 30.3 Å². The van der Waals surface area contributed by atoms with Crippen molar-refractivity contribution in [2.75, 3.05) is 19.8 Å². The normalized spacial score (nSPS) is 17.1. The zero-order chi connectivity index (χ0) is 15.7. The van der Waals surface area contributed by atoms with Gasteiger partial charge in [0.1, 0.15) is 0 Å². The fraction of sp³-hybridized carbons (Fsp3) is 0.588. The predicted molar refractivity (Wildman–Crippen MR) is 88.6 cm³/mol. The number of hydrogen-bond donors (Lipinski definition) is 2. The molecule has 1 heterocycles. The lowest BCUT2D eigenvalue weighted by Gasteiger charge is -2.38. The summed E-state index contributed by atoms with van der Waals surface area (Å²) in [5.41, 5.74) is 0.909. The van der Waals surface area contributed by atoms with Gasteiger partial charge < -0.3 is 10.1 Å². The Morgan fingerprint density at radius 3 is 2.55 bits per heavy atom. The average Bonchev–Trinajstić information content (AvgIpc) is 2.56. The molecular formula is C17H25ClN2O2. The minimum absolute atomic E-state index is 0.129.